The van der Waals surface area contributed by atoms with Crippen molar-refractivity contribution in [3.63, 3.8) is 0 Å². The molecule has 3 nitrogen and oxygen atoms in total. The predicted molar refractivity (Wildman–Crippen MR) is 75.8 cm³/mol. The summed E-state index contributed by atoms with van der Waals surface area (Å²) >= 11 is 3.50. The summed E-state index contributed by atoms with van der Waals surface area (Å²) in [5, 5.41) is 0. The van der Waals surface area contributed by atoms with Crippen LogP contribution in [0, 0.1) is 6.92 Å². The van der Waals surface area contributed by atoms with Crippen LogP contribution in [0.3, 0.4) is 0 Å². The van der Waals surface area contributed by atoms with Gasteiger partial charge < -0.3 is 10.5 Å². The van der Waals surface area contributed by atoms with Crippen LogP contribution in [0.25, 0.3) is 0 Å². The maximum absolute atomic E-state index is 5.85. The molecule has 0 fully saturated rings. The number of halogens is 1. The van der Waals surface area contributed by atoms with Crippen molar-refractivity contribution in [3.8, 4) is 11.5 Å². The number of hydrogen-bond acceptors (Lipinski definition) is 3. The lowest BCUT2D eigenvalue weighted by Gasteiger charge is -2.11. The third-order valence-electron chi connectivity index (χ3n) is 2.58. The molecule has 94 valence electrons. The lowest BCUT2D eigenvalue weighted by Crippen LogP contribution is -2.05. The molecule has 0 radical (unpaired) electrons. The minimum atomic E-state index is -0.00512. The zero-order valence-electron chi connectivity index (χ0n) is 10.4. The molecular weight excluding hydrogens is 292 g/mol. The molecule has 2 rings (SSSR count). The highest BCUT2D eigenvalue weighted by molar-refractivity contribution is 9.10. The van der Waals surface area contributed by atoms with Crippen molar-refractivity contribution in [1.29, 1.82) is 0 Å². The van der Waals surface area contributed by atoms with E-state index in [1.54, 1.807) is 6.20 Å². The number of aromatic nitrogens is 1. The van der Waals surface area contributed by atoms with E-state index in [0.29, 0.717) is 0 Å². The van der Waals surface area contributed by atoms with Gasteiger partial charge in [0, 0.05) is 16.2 Å². The number of nitrogens with two attached hydrogens (primary N) is 1. The second kappa shape index (κ2) is 5.50. The predicted octanol–water partition coefficient (Wildman–Crippen LogP) is 3.96. The Morgan fingerprint density at radius 1 is 1.22 bits per heavy atom. The first-order valence-electron chi connectivity index (χ1n) is 5.72. The van der Waals surface area contributed by atoms with Gasteiger partial charge in [-0.05, 0) is 43.7 Å². The lowest BCUT2D eigenvalue weighted by atomic mass is 10.1. The summed E-state index contributed by atoms with van der Waals surface area (Å²) in [7, 11) is 0. The van der Waals surface area contributed by atoms with Gasteiger partial charge in [-0.15, -0.1) is 0 Å². The number of benzene rings is 1. The van der Waals surface area contributed by atoms with Gasteiger partial charge >= 0.3 is 0 Å². The number of nitrogens with zero attached hydrogens (tertiary/aromatic N) is 1. The highest BCUT2D eigenvalue weighted by atomic mass is 79.9. The molecule has 18 heavy (non-hydrogen) atoms. The molecule has 1 unspecified atom stereocenters. The third kappa shape index (κ3) is 3.09. The highest BCUT2D eigenvalue weighted by Crippen LogP contribution is 2.29. The topological polar surface area (TPSA) is 48.1 Å². The number of hydrogen-bond donors (Lipinski definition) is 1. The Morgan fingerprint density at radius 3 is 2.50 bits per heavy atom. The van der Waals surface area contributed by atoms with E-state index in [0.717, 1.165) is 27.2 Å². The average Bonchev–Trinajstić information content (AvgIpc) is 2.32. The molecule has 0 aliphatic heterocycles. The first kappa shape index (κ1) is 13.1. The van der Waals surface area contributed by atoms with E-state index in [1.165, 1.54) is 0 Å². The molecule has 0 saturated carbocycles. The van der Waals surface area contributed by atoms with Crippen LogP contribution < -0.4 is 10.5 Å². The molecule has 2 aromatic rings. The van der Waals surface area contributed by atoms with E-state index >= 15 is 0 Å². The molecule has 2 N–H and O–H groups in total. The standard InChI is InChI=1S/C14H15BrN2O/c1-9-3-4-12(8-17-9)18-11-5-6-13(10(2)16)14(15)7-11/h3-8,10H,16H2,1-2H3. The minimum Gasteiger partial charge on any atom is -0.456 e. The van der Waals surface area contributed by atoms with Crippen LogP contribution in [-0.2, 0) is 0 Å². The summed E-state index contributed by atoms with van der Waals surface area (Å²) in [5.41, 5.74) is 7.88. The molecule has 0 bridgehead atoms. The van der Waals surface area contributed by atoms with Gasteiger partial charge in [-0.3, -0.25) is 4.98 Å². The summed E-state index contributed by atoms with van der Waals surface area (Å²) in [6, 6.07) is 9.60. The normalized spacial score (nSPS) is 12.2. The van der Waals surface area contributed by atoms with Crippen molar-refractivity contribution in [2.45, 2.75) is 19.9 Å². The Morgan fingerprint density at radius 2 is 1.94 bits per heavy atom. The fourth-order valence-corrected chi connectivity index (χ4v) is 2.31. The van der Waals surface area contributed by atoms with Crippen LogP contribution in [0.4, 0.5) is 0 Å². The maximum Gasteiger partial charge on any atom is 0.145 e. The summed E-state index contributed by atoms with van der Waals surface area (Å²) in [6.45, 7) is 3.89. The first-order valence-corrected chi connectivity index (χ1v) is 6.51. The van der Waals surface area contributed by atoms with Gasteiger partial charge in [-0.2, -0.15) is 0 Å². The second-order valence-electron chi connectivity index (χ2n) is 4.21. The highest BCUT2D eigenvalue weighted by Gasteiger charge is 2.06. The summed E-state index contributed by atoms with van der Waals surface area (Å²) in [6.07, 6.45) is 1.71. The molecule has 0 aliphatic carbocycles. The van der Waals surface area contributed by atoms with Crippen molar-refractivity contribution < 1.29 is 4.74 Å². The van der Waals surface area contributed by atoms with Gasteiger partial charge in [0.25, 0.3) is 0 Å². The molecule has 1 aromatic carbocycles. The molecule has 0 spiro atoms. The first-order chi connectivity index (χ1) is 8.56. The van der Waals surface area contributed by atoms with Crippen LogP contribution in [0.15, 0.2) is 41.0 Å². The Hall–Kier alpha value is -1.39. The smallest absolute Gasteiger partial charge is 0.145 e. The van der Waals surface area contributed by atoms with E-state index < -0.39 is 0 Å². The molecule has 0 aliphatic rings. The zero-order valence-corrected chi connectivity index (χ0v) is 11.9. The fourth-order valence-electron chi connectivity index (χ4n) is 1.59. The Labute approximate surface area is 115 Å². The molecule has 1 aromatic heterocycles. The Kier molecular flexibility index (Phi) is 3.99. The Balaban J connectivity index is 2.20. The average molecular weight is 307 g/mol. The fraction of sp³-hybridized carbons (Fsp3) is 0.214. The monoisotopic (exact) mass is 306 g/mol. The van der Waals surface area contributed by atoms with E-state index in [4.69, 9.17) is 10.5 Å². The van der Waals surface area contributed by atoms with E-state index in [-0.39, 0.29) is 6.04 Å². The van der Waals surface area contributed by atoms with Crippen molar-refractivity contribution in [3.05, 3.63) is 52.3 Å². The summed E-state index contributed by atoms with van der Waals surface area (Å²) < 4.78 is 6.67. The van der Waals surface area contributed by atoms with Crippen molar-refractivity contribution in [2.24, 2.45) is 5.73 Å². The van der Waals surface area contributed by atoms with E-state index in [2.05, 4.69) is 20.9 Å². The van der Waals surface area contributed by atoms with Gasteiger partial charge in [-0.1, -0.05) is 22.0 Å². The molecule has 1 heterocycles. The van der Waals surface area contributed by atoms with Crippen molar-refractivity contribution in [2.75, 3.05) is 0 Å². The number of ether oxygens (including phenoxy) is 1. The molecule has 1 atom stereocenters. The third-order valence-corrected chi connectivity index (χ3v) is 3.27. The van der Waals surface area contributed by atoms with Gasteiger partial charge in [0.15, 0.2) is 0 Å². The van der Waals surface area contributed by atoms with E-state index in [9.17, 15) is 0 Å². The minimum absolute atomic E-state index is 0.00512. The van der Waals surface area contributed by atoms with Crippen LogP contribution in [-0.4, -0.2) is 4.98 Å². The number of pyridine rings is 1. The number of aryl methyl sites for hydroxylation is 1. The van der Waals surface area contributed by atoms with Gasteiger partial charge in [0.2, 0.25) is 0 Å². The van der Waals surface area contributed by atoms with Crippen molar-refractivity contribution in [1.82, 2.24) is 4.98 Å². The summed E-state index contributed by atoms with van der Waals surface area (Å²) in [4.78, 5) is 4.19. The zero-order chi connectivity index (χ0) is 13.1. The molecule has 0 saturated heterocycles. The summed E-state index contributed by atoms with van der Waals surface area (Å²) in [5.74, 6) is 1.48. The molecule has 4 heteroatoms. The van der Waals surface area contributed by atoms with Crippen LogP contribution in [0.5, 0.6) is 11.5 Å². The van der Waals surface area contributed by atoms with Gasteiger partial charge in [0.05, 0.1) is 6.20 Å². The second-order valence-corrected chi connectivity index (χ2v) is 5.06. The van der Waals surface area contributed by atoms with Gasteiger partial charge in [0.1, 0.15) is 11.5 Å². The lowest BCUT2D eigenvalue weighted by molar-refractivity contribution is 0.479. The Bertz CT molecular complexity index is 538. The largest absolute Gasteiger partial charge is 0.456 e. The van der Waals surface area contributed by atoms with Gasteiger partial charge in [-0.25, -0.2) is 0 Å². The van der Waals surface area contributed by atoms with E-state index in [1.807, 2.05) is 44.2 Å². The quantitative estimate of drug-likeness (QED) is 0.933. The van der Waals surface area contributed by atoms with Crippen LogP contribution in [0.2, 0.25) is 0 Å². The number of rotatable bonds is 3. The maximum atomic E-state index is 5.85. The SMILES string of the molecule is Cc1ccc(Oc2ccc(C(C)N)c(Br)c2)cn1. The van der Waals surface area contributed by atoms with Crippen molar-refractivity contribution >= 4 is 15.9 Å². The van der Waals surface area contributed by atoms with Crippen LogP contribution >= 0.6 is 15.9 Å². The molecule has 0 amide bonds. The van der Waals surface area contributed by atoms with Crippen LogP contribution in [0.1, 0.15) is 24.2 Å². The molecular formula is C14H15BrN2O.